The van der Waals surface area contributed by atoms with E-state index in [1.54, 1.807) is 24.3 Å². The molecule has 0 saturated heterocycles. The van der Waals surface area contributed by atoms with Gasteiger partial charge in [-0.3, -0.25) is 4.79 Å². The van der Waals surface area contributed by atoms with Crippen molar-refractivity contribution >= 4 is 24.0 Å². The van der Waals surface area contributed by atoms with Crippen LogP contribution >= 0.6 is 12.4 Å². The van der Waals surface area contributed by atoms with Crippen LogP contribution in [0.2, 0.25) is 0 Å². The van der Waals surface area contributed by atoms with Gasteiger partial charge in [-0.2, -0.15) is 0 Å². The van der Waals surface area contributed by atoms with Crippen LogP contribution in [0, 0.1) is 5.92 Å². The van der Waals surface area contributed by atoms with Gasteiger partial charge in [0.25, 0.3) is 5.91 Å². The van der Waals surface area contributed by atoms with Crippen molar-refractivity contribution in [2.45, 2.75) is 19.4 Å². The summed E-state index contributed by atoms with van der Waals surface area (Å²) in [6, 6.07) is 14.8. The number of carbonyl (C=O) groups is 1. The van der Waals surface area contributed by atoms with Crippen molar-refractivity contribution in [3.8, 4) is 5.75 Å². The predicted molar refractivity (Wildman–Crippen MR) is 93.9 cm³/mol. The Labute approximate surface area is 142 Å². The molecule has 23 heavy (non-hydrogen) atoms. The zero-order chi connectivity index (χ0) is 15.4. The highest BCUT2D eigenvalue weighted by molar-refractivity contribution is 5.94. The number of nitrogen functional groups attached to an aromatic ring is 1. The summed E-state index contributed by atoms with van der Waals surface area (Å²) in [5.41, 5.74) is 7.84. The summed E-state index contributed by atoms with van der Waals surface area (Å²) in [5, 5.41) is 2.91. The molecule has 5 heteroatoms. The van der Waals surface area contributed by atoms with Crippen molar-refractivity contribution < 1.29 is 9.53 Å². The van der Waals surface area contributed by atoms with Crippen LogP contribution in [0.25, 0.3) is 0 Å². The third kappa shape index (κ3) is 4.89. The smallest absolute Gasteiger partial charge is 0.251 e. The maximum atomic E-state index is 12.2. The summed E-state index contributed by atoms with van der Waals surface area (Å²) in [4.78, 5) is 12.2. The van der Waals surface area contributed by atoms with Gasteiger partial charge in [-0.1, -0.05) is 24.3 Å². The average molecular weight is 333 g/mol. The van der Waals surface area contributed by atoms with Crippen LogP contribution < -0.4 is 15.8 Å². The van der Waals surface area contributed by atoms with E-state index in [-0.39, 0.29) is 18.3 Å². The second kappa shape index (κ2) is 7.88. The average Bonchev–Trinajstić information content (AvgIpc) is 3.35. The second-order valence-electron chi connectivity index (χ2n) is 5.67. The van der Waals surface area contributed by atoms with Gasteiger partial charge in [0.2, 0.25) is 0 Å². The Bertz CT molecular complexity index is 672. The van der Waals surface area contributed by atoms with Crippen LogP contribution in [-0.4, -0.2) is 12.5 Å². The van der Waals surface area contributed by atoms with E-state index in [9.17, 15) is 4.79 Å². The van der Waals surface area contributed by atoms with Gasteiger partial charge in [0.05, 0.1) is 6.61 Å². The van der Waals surface area contributed by atoms with Crippen LogP contribution in [-0.2, 0) is 6.54 Å². The molecule has 0 bridgehead atoms. The summed E-state index contributed by atoms with van der Waals surface area (Å²) < 4.78 is 5.85. The van der Waals surface area contributed by atoms with Crippen molar-refractivity contribution in [2.24, 2.45) is 5.92 Å². The number of hydrogen-bond acceptors (Lipinski definition) is 3. The molecule has 0 unspecified atom stereocenters. The number of benzene rings is 2. The van der Waals surface area contributed by atoms with Crippen molar-refractivity contribution in [2.75, 3.05) is 12.3 Å². The van der Waals surface area contributed by atoms with Gasteiger partial charge in [0, 0.05) is 23.4 Å². The number of para-hydroxylation sites is 1. The minimum atomic E-state index is -0.135. The highest BCUT2D eigenvalue weighted by Gasteiger charge is 2.22. The first-order valence-corrected chi connectivity index (χ1v) is 7.57. The molecule has 0 heterocycles. The van der Waals surface area contributed by atoms with Crippen molar-refractivity contribution in [3.63, 3.8) is 0 Å². The topological polar surface area (TPSA) is 64.4 Å². The molecule has 1 aliphatic rings. The fourth-order valence-corrected chi connectivity index (χ4v) is 2.24. The van der Waals surface area contributed by atoms with Gasteiger partial charge in [-0.15, -0.1) is 12.4 Å². The Morgan fingerprint density at radius 1 is 1.17 bits per heavy atom. The van der Waals surface area contributed by atoms with Crippen molar-refractivity contribution in [1.82, 2.24) is 5.32 Å². The largest absolute Gasteiger partial charge is 0.493 e. The van der Waals surface area contributed by atoms with Crippen molar-refractivity contribution in [1.29, 1.82) is 0 Å². The molecule has 2 aromatic rings. The van der Waals surface area contributed by atoms with Gasteiger partial charge in [0.15, 0.2) is 0 Å². The minimum absolute atomic E-state index is 0. The van der Waals surface area contributed by atoms with Gasteiger partial charge in [0.1, 0.15) is 5.75 Å². The van der Waals surface area contributed by atoms with Gasteiger partial charge >= 0.3 is 0 Å². The van der Waals surface area contributed by atoms with Crippen molar-refractivity contribution in [3.05, 3.63) is 59.7 Å². The number of carbonyl (C=O) groups excluding carboxylic acids is 1. The molecular weight excluding hydrogens is 312 g/mol. The fourth-order valence-electron chi connectivity index (χ4n) is 2.24. The number of nitrogens with one attached hydrogen (secondary N) is 1. The third-order valence-electron chi connectivity index (χ3n) is 3.73. The number of anilines is 1. The molecule has 122 valence electrons. The lowest BCUT2D eigenvalue weighted by Gasteiger charge is -2.12. The Hall–Kier alpha value is -2.20. The van der Waals surface area contributed by atoms with E-state index in [1.165, 1.54) is 12.8 Å². The lowest BCUT2D eigenvalue weighted by Crippen LogP contribution is -2.23. The molecule has 0 atom stereocenters. The monoisotopic (exact) mass is 332 g/mol. The normalized spacial score (nSPS) is 13.0. The Morgan fingerprint density at radius 3 is 2.70 bits per heavy atom. The van der Waals surface area contributed by atoms with Gasteiger partial charge in [-0.25, -0.2) is 0 Å². The standard InChI is InChI=1S/C18H20N2O2.ClH/c19-16-6-3-5-14(10-16)18(21)20-11-15-4-1-2-7-17(15)22-12-13-8-9-13;/h1-7,10,13H,8-9,11-12,19H2,(H,20,21);1H. The van der Waals surface area contributed by atoms with Crippen LogP contribution in [0.15, 0.2) is 48.5 Å². The Morgan fingerprint density at radius 2 is 1.96 bits per heavy atom. The molecule has 1 aliphatic carbocycles. The van der Waals surface area contributed by atoms with E-state index in [2.05, 4.69) is 5.32 Å². The predicted octanol–water partition coefficient (Wildman–Crippen LogP) is 3.41. The quantitative estimate of drug-likeness (QED) is 0.797. The summed E-state index contributed by atoms with van der Waals surface area (Å²) in [5.74, 6) is 1.42. The zero-order valence-electron chi connectivity index (χ0n) is 12.8. The molecule has 0 aliphatic heterocycles. The maximum absolute atomic E-state index is 12.2. The number of hydrogen-bond donors (Lipinski definition) is 2. The second-order valence-corrected chi connectivity index (χ2v) is 5.67. The van der Waals surface area contributed by atoms with E-state index in [1.807, 2.05) is 24.3 Å². The molecule has 0 radical (unpaired) electrons. The number of ether oxygens (including phenoxy) is 1. The number of amides is 1. The lowest BCUT2D eigenvalue weighted by atomic mass is 10.1. The molecule has 4 nitrogen and oxygen atoms in total. The molecule has 3 rings (SSSR count). The van der Waals surface area contributed by atoms with E-state index in [4.69, 9.17) is 10.5 Å². The first kappa shape index (κ1) is 17.2. The van der Waals surface area contributed by atoms with Crippen LogP contribution in [0.1, 0.15) is 28.8 Å². The summed E-state index contributed by atoms with van der Waals surface area (Å²) in [7, 11) is 0. The number of halogens is 1. The Balaban J connectivity index is 0.00000192. The molecule has 1 saturated carbocycles. The highest BCUT2D eigenvalue weighted by atomic mass is 35.5. The molecule has 1 fully saturated rings. The van der Waals surface area contributed by atoms with Crippen LogP contribution in [0.3, 0.4) is 0 Å². The molecular formula is C18H21ClN2O2. The summed E-state index contributed by atoms with van der Waals surface area (Å²) in [6.45, 7) is 1.20. The third-order valence-corrected chi connectivity index (χ3v) is 3.73. The van der Waals surface area contributed by atoms with E-state index in [0.717, 1.165) is 17.9 Å². The molecule has 2 aromatic carbocycles. The minimum Gasteiger partial charge on any atom is -0.493 e. The molecule has 3 N–H and O–H groups in total. The van der Waals surface area contributed by atoms with E-state index >= 15 is 0 Å². The SMILES string of the molecule is Cl.Nc1cccc(C(=O)NCc2ccccc2OCC2CC2)c1. The Kier molecular flexibility index (Phi) is 5.88. The van der Waals surface area contributed by atoms with Gasteiger partial charge < -0.3 is 15.8 Å². The molecule has 1 amide bonds. The lowest BCUT2D eigenvalue weighted by molar-refractivity contribution is 0.0950. The first-order valence-electron chi connectivity index (χ1n) is 7.57. The van der Waals surface area contributed by atoms with Crippen LogP contribution in [0.5, 0.6) is 5.75 Å². The van der Waals surface area contributed by atoms with Gasteiger partial charge in [-0.05, 0) is 43.0 Å². The molecule has 0 spiro atoms. The number of rotatable bonds is 6. The summed E-state index contributed by atoms with van der Waals surface area (Å²) >= 11 is 0. The first-order chi connectivity index (χ1) is 10.7. The van der Waals surface area contributed by atoms with E-state index < -0.39 is 0 Å². The van der Waals surface area contributed by atoms with E-state index in [0.29, 0.717) is 23.7 Å². The summed E-state index contributed by atoms with van der Waals surface area (Å²) in [6.07, 6.45) is 2.52. The molecule has 0 aromatic heterocycles. The fraction of sp³-hybridized carbons (Fsp3) is 0.278. The number of nitrogens with two attached hydrogens (primary N) is 1. The zero-order valence-corrected chi connectivity index (χ0v) is 13.6. The highest BCUT2D eigenvalue weighted by Crippen LogP contribution is 2.30. The van der Waals surface area contributed by atoms with Crippen LogP contribution in [0.4, 0.5) is 5.69 Å². The maximum Gasteiger partial charge on any atom is 0.251 e.